The monoisotopic (exact) mass is 365 g/mol. The second-order valence-corrected chi connectivity index (χ2v) is 7.96. The number of aromatic nitrogens is 2. The molecule has 0 aliphatic rings. The van der Waals surface area contributed by atoms with Crippen LogP contribution in [0.2, 0.25) is 5.02 Å². The first-order chi connectivity index (χ1) is 11.4. The van der Waals surface area contributed by atoms with Gasteiger partial charge in [-0.05, 0) is 44.4 Å². The quantitative estimate of drug-likeness (QED) is 0.609. The standard InChI is InChI=1S/C17H24ClN5S/c1-17(2,24-4)12-21-16(19-3)20-9-13-10-22-23(11-13)15-7-5-14(18)6-8-15/h5-8,10-11H,9,12H2,1-4H3,(H2,19,20,21). The van der Waals surface area contributed by atoms with Crippen LogP contribution in [0, 0.1) is 0 Å². The first-order valence-electron chi connectivity index (χ1n) is 7.73. The van der Waals surface area contributed by atoms with Gasteiger partial charge in [-0.3, -0.25) is 4.99 Å². The SMILES string of the molecule is CN=C(NCc1cnn(-c2ccc(Cl)cc2)c1)NCC(C)(C)SC. The first-order valence-corrected chi connectivity index (χ1v) is 9.33. The van der Waals surface area contributed by atoms with Gasteiger partial charge in [0.2, 0.25) is 0 Å². The number of hydrogen-bond acceptors (Lipinski definition) is 3. The Balaban J connectivity index is 1.91. The van der Waals surface area contributed by atoms with Crippen molar-refractivity contribution in [2.24, 2.45) is 4.99 Å². The van der Waals surface area contributed by atoms with E-state index in [1.54, 1.807) is 7.05 Å². The fraction of sp³-hybridized carbons (Fsp3) is 0.412. The van der Waals surface area contributed by atoms with Crippen molar-refractivity contribution in [2.75, 3.05) is 19.8 Å². The molecule has 1 heterocycles. The molecule has 24 heavy (non-hydrogen) atoms. The average Bonchev–Trinajstić information content (AvgIpc) is 3.04. The minimum absolute atomic E-state index is 0.164. The summed E-state index contributed by atoms with van der Waals surface area (Å²) in [6.45, 7) is 5.91. The lowest BCUT2D eigenvalue weighted by atomic mass is 10.2. The van der Waals surface area contributed by atoms with Crippen LogP contribution in [0.5, 0.6) is 0 Å². The van der Waals surface area contributed by atoms with E-state index in [1.165, 1.54) is 0 Å². The molecule has 0 saturated heterocycles. The van der Waals surface area contributed by atoms with Gasteiger partial charge in [-0.15, -0.1) is 0 Å². The lowest BCUT2D eigenvalue weighted by Crippen LogP contribution is -2.42. The Bertz CT molecular complexity index is 679. The average molecular weight is 366 g/mol. The maximum absolute atomic E-state index is 5.92. The van der Waals surface area contributed by atoms with E-state index in [0.29, 0.717) is 6.54 Å². The summed E-state index contributed by atoms with van der Waals surface area (Å²) in [5.41, 5.74) is 2.06. The molecule has 0 atom stereocenters. The van der Waals surface area contributed by atoms with Crippen LogP contribution in [0.4, 0.5) is 0 Å². The van der Waals surface area contributed by atoms with Crippen molar-refractivity contribution in [1.82, 2.24) is 20.4 Å². The van der Waals surface area contributed by atoms with E-state index in [-0.39, 0.29) is 4.75 Å². The smallest absolute Gasteiger partial charge is 0.191 e. The number of nitrogens with zero attached hydrogens (tertiary/aromatic N) is 3. The number of hydrogen-bond donors (Lipinski definition) is 2. The minimum Gasteiger partial charge on any atom is -0.355 e. The molecule has 0 radical (unpaired) electrons. The fourth-order valence-electron chi connectivity index (χ4n) is 1.96. The molecule has 0 bridgehead atoms. The summed E-state index contributed by atoms with van der Waals surface area (Å²) in [6.07, 6.45) is 5.96. The van der Waals surface area contributed by atoms with Crippen molar-refractivity contribution >= 4 is 29.3 Å². The van der Waals surface area contributed by atoms with Crippen molar-refractivity contribution in [3.63, 3.8) is 0 Å². The number of benzene rings is 1. The van der Waals surface area contributed by atoms with Gasteiger partial charge in [0, 0.05) is 41.7 Å². The van der Waals surface area contributed by atoms with Crippen molar-refractivity contribution < 1.29 is 0 Å². The van der Waals surface area contributed by atoms with Gasteiger partial charge < -0.3 is 10.6 Å². The van der Waals surface area contributed by atoms with E-state index in [4.69, 9.17) is 11.6 Å². The summed E-state index contributed by atoms with van der Waals surface area (Å²) in [7, 11) is 1.78. The van der Waals surface area contributed by atoms with E-state index in [9.17, 15) is 0 Å². The van der Waals surface area contributed by atoms with Gasteiger partial charge in [-0.1, -0.05) is 11.6 Å². The Morgan fingerprint density at radius 3 is 2.62 bits per heavy atom. The second-order valence-electron chi connectivity index (χ2n) is 6.01. The molecule has 1 aromatic heterocycles. The molecule has 0 fully saturated rings. The van der Waals surface area contributed by atoms with E-state index >= 15 is 0 Å². The Morgan fingerprint density at radius 2 is 2.00 bits per heavy atom. The van der Waals surface area contributed by atoms with Gasteiger partial charge in [0.1, 0.15) is 0 Å². The van der Waals surface area contributed by atoms with Crippen LogP contribution in [0.3, 0.4) is 0 Å². The number of thioether (sulfide) groups is 1. The fourth-order valence-corrected chi connectivity index (χ4v) is 2.30. The molecule has 0 amide bonds. The third kappa shape index (κ3) is 5.46. The highest BCUT2D eigenvalue weighted by atomic mass is 35.5. The summed E-state index contributed by atoms with van der Waals surface area (Å²) in [5, 5.41) is 11.8. The molecule has 2 aromatic rings. The van der Waals surface area contributed by atoms with Crippen molar-refractivity contribution in [3.05, 3.63) is 47.2 Å². The summed E-state index contributed by atoms with van der Waals surface area (Å²) in [4.78, 5) is 4.26. The summed E-state index contributed by atoms with van der Waals surface area (Å²) >= 11 is 7.74. The van der Waals surface area contributed by atoms with Crippen LogP contribution in [0.25, 0.3) is 5.69 Å². The Hall–Kier alpha value is -1.66. The highest BCUT2D eigenvalue weighted by Crippen LogP contribution is 2.19. The number of aliphatic imine (C=N–C) groups is 1. The normalized spacial score (nSPS) is 12.3. The van der Waals surface area contributed by atoms with Crippen LogP contribution in [0.1, 0.15) is 19.4 Å². The van der Waals surface area contributed by atoms with Crippen LogP contribution in [-0.2, 0) is 6.54 Å². The molecule has 7 heteroatoms. The third-order valence-corrected chi connectivity index (χ3v) is 5.15. The molecule has 1 aromatic carbocycles. The second kappa shape index (κ2) is 8.44. The molecule has 0 aliphatic heterocycles. The molecule has 0 spiro atoms. The van der Waals surface area contributed by atoms with Gasteiger partial charge in [-0.2, -0.15) is 16.9 Å². The van der Waals surface area contributed by atoms with Crippen molar-refractivity contribution in [2.45, 2.75) is 25.1 Å². The van der Waals surface area contributed by atoms with Crippen LogP contribution >= 0.6 is 23.4 Å². The molecular formula is C17H24ClN5S. The van der Waals surface area contributed by atoms with Gasteiger partial charge in [0.25, 0.3) is 0 Å². The van der Waals surface area contributed by atoms with Crippen molar-refractivity contribution in [3.8, 4) is 5.69 Å². The number of halogens is 1. The molecule has 2 N–H and O–H groups in total. The van der Waals surface area contributed by atoms with Gasteiger partial charge >= 0.3 is 0 Å². The predicted molar refractivity (Wildman–Crippen MR) is 104 cm³/mol. The van der Waals surface area contributed by atoms with Crippen LogP contribution in [-0.4, -0.2) is 40.3 Å². The lowest BCUT2D eigenvalue weighted by molar-refractivity contribution is 0.664. The van der Waals surface area contributed by atoms with E-state index < -0.39 is 0 Å². The van der Waals surface area contributed by atoms with Gasteiger partial charge in [0.15, 0.2) is 5.96 Å². The summed E-state index contributed by atoms with van der Waals surface area (Å²) < 4.78 is 2.00. The minimum atomic E-state index is 0.164. The highest BCUT2D eigenvalue weighted by Gasteiger charge is 2.16. The Kier molecular flexibility index (Phi) is 6.57. The van der Waals surface area contributed by atoms with Crippen molar-refractivity contribution in [1.29, 1.82) is 0 Å². The van der Waals surface area contributed by atoms with E-state index in [1.807, 2.05) is 53.1 Å². The zero-order valence-corrected chi connectivity index (χ0v) is 16.1. The van der Waals surface area contributed by atoms with Crippen LogP contribution in [0.15, 0.2) is 41.7 Å². The Labute approximate surface area is 152 Å². The first kappa shape index (κ1) is 18.7. The topological polar surface area (TPSA) is 54.2 Å². The molecule has 0 saturated carbocycles. The molecule has 0 unspecified atom stereocenters. The molecule has 2 rings (SSSR count). The van der Waals surface area contributed by atoms with Crippen LogP contribution < -0.4 is 10.6 Å². The van der Waals surface area contributed by atoms with E-state index in [2.05, 4.69) is 40.8 Å². The van der Waals surface area contributed by atoms with Gasteiger partial charge in [0.05, 0.1) is 11.9 Å². The highest BCUT2D eigenvalue weighted by molar-refractivity contribution is 7.99. The predicted octanol–water partition coefficient (Wildman–Crippen LogP) is 3.33. The third-order valence-electron chi connectivity index (χ3n) is 3.64. The molecule has 130 valence electrons. The summed E-state index contributed by atoms with van der Waals surface area (Å²) in [6, 6.07) is 7.60. The molecular weight excluding hydrogens is 342 g/mol. The van der Waals surface area contributed by atoms with E-state index in [0.717, 1.165) is 28.8 Å². The maximum Gasteiger partial charge on any atom is 0.191 e. The number of nitrogens with one attached hydrogen (secondary N) is 2. The molecule has 5 nitrogen and oxygen atoms in total. The summed E-state index contributed by atoms with van der Waals surface area (Å²) in [5.74, 6) is 0.788. The number of rotatable bonds is 6. The lowest BCUT2D eigenvalue weighted by Gasteiger charge is -2.23. The zero-order valence-electron chi connectivity index (χ0n) is 14.5. The molecule has 0 aliphatic carbocycles. The Morgan fingerprint density at radius 1 is 1.29 bits per heavy atom. The zero-order chi connectivity index (χ0) is 17.6. The number of guanidine groups is 1. The maximum atomic E-state index is 5.92. The largest absolute Gasteiger partial charge is 0.355 e. The van der Waals surface area contributed by atoms with Gasteiger partial charge in [-0.25, -0.2) is 4.68 Å².